The molecule has 4 rings (SSSR count). The second-order valence-electron chi connectivity index (χ2n) is 6.21. The highest BCUT2D eigenvalue weighted by molar-refractivity contribution is 5.73. The third-order valence-electron chi connectivity index (χ3n) is 4.52. The second kappa shape index (κ2) is 6.40. The lowest BCUT2D eigenvalue weighted by molar-refractivity contribution is 0.295. The summed E-state index contributed by atoms with van der Waals surface area (Å²) in [4.78, 5) is 19.6. The molecule has 1 aliphatic rings. The molecule has 3 aromatic rings. The molecule has 1 aliphatic carbocycles. The van der Waals surface area contributed by atoms with Crippen LogP contribution < -0.4 is 10.3 Å². The van der Waals surface area contributed by atoms with Gasteiger partial charge in [0.2, 0.25) is 0 Å². The van der Waals surface area contributed by atoms with E-state index in [1.54, 1.807) is 30.5 Å². The molecule has 0 radical (unpaired) electrons. The van der Waals surface area contributed by atoms with Gasteiger partial charge in [0.25, 0.3) is 5.56 Å². The van der Waals surface area contributed by atoms with E-state index in [1.165, 1.54) is 12.8 Å². The van der Waals surface area contributed by atoms with E-state index in [9.17, 15) is 4.79 Å². The van der Waals surface area contributed by atoms with Crippen LogP contribution in [0, 0.1) is 11.3 Å². The van der Waals surface area contributed by atoms with Crippen molar-refractivity contribution in [2.75, 3.05) is 0 Å². The molecule has 7 heteroatoms. The normalized spacial score (nSPS) is 14.7. The highest BCUT2D eigenvalue weighted by Crippen LogP contribution is 2.30. The van der Waals surface area contributed by atoms with E-state index < -0.39 is 0 Å². The molecule has 1 fully saturated rings. The van der Waals surface area contributed by atoms with Crippen LogP contribution in [0.3, 0.4) is 0 Å². The molecule has 0 bridgehead atoms. The van der Waals surface area contributed by atoms with Crippen LogP contribution in [0.1, 0.15) is 43.1 Å². The predicted octanol–water partition coefficient (Wildman–Crippen LogP) is 2.69. The van der Waals surface area contributed by atoms with Crippen LogP contribution in [0.15, 0.2) is 35.3 Å². The molecule has 126 valence electrons. The lowest BCUT2D eigenvalue weighted by Gasteiger charge is -2.11. The Labute approximate surface area is 143 Å². The van der Waals surface area contributed by atoms with Gasteiger partial charge in [-0.3, -0.25) is 4.79 Å². The first-order valence-electron chi connectivity index (χ1n) is 8.34. The van der Waals surface area contributed by atoms with Gasteiger partial charge in [0, 0.05) is 0 Å². The average molecular weight is 335 g/mol. The minimum atomic E-state index is -0.210. The smallest absolute Gasteiger partial charge is 0.262 e. The largest absolute Gasteiger partial charge is 0.486 e. The zero-order valence-corrected chi connectivity index (χ0v) is 13.6. The molecule has 1 saturated carbocycles. The van der Waals surface area contributed by atoms with Gasteiger partial charge in [-0.2, -0.15) is 10.4 Å². The Bertz CT molecular complexity index is 1010. The summed E-state index contributed by atoms with van der Waals surface area (Å²) in [6.07, 6.45) is 6.08. The molecule has 2 aromatic heterocycles. The quantitative estimate of drug-likeness (QED) is 0.790. The molecule has 1 aromatic carbocycles. The molecule has 2 heterocycles. The molecule has 25 heavy (non-hydrogen) atoms. The fourth-order valence-corrected chi connectivity index (χ4v) is 3.27. The first-order valence-corrected chi connectivity index (χ1v) is 8.34. The predicted molar refractivity (Wildman–Crippen MR) is 91.1 cm³/mol. The van der Waals surface area contributed by atoms with Crippen molar-refractivity contribution in [1.29, 1.82) is 5.26 Å². The van der Waals surface area contributed by atoms with Crippen LogP contribution in [0.5, 0.6) is 5.75 Å². The number of aromatic amines is 1. The molecular formula is C18H17N5O2. The number of fused-ring (bicyclic) bond motifs is 1. The molecule has 0 unspecified atom stereocenters. The number of hydrogen-bond donors (Lipinski definition) is 1. The lowest BCUT2D eigenvalue weighted by Crippen LogP contribution is -2.15. The summed E-state index contributed by atoms with van der Waals surface area (Å²) >= 11 is 0. The highest BCUT2D eigenvalue weighted by atomic mass is 16.5. The van der Waals surface area contributed by atoms with Gasteiger partial charge in [0.1, 0.15) is 23.6 Å². The van der Waals surface area contributed by atoms with Gasteiger partial charge in [0.15, 0.2) is 5.65 Å². The summed E-state index contributed by atoms with van der Waals surface area (Å²) < 4.78 is 7.54. The van der Waals surface area contributed by atoms with Crippen molar-refractivity contribution in [3.63, 3.8) is 0 Å². The number of H-pyrrole nitrogens is 1. The van der Waals surface area contributed by atoms with Crippen molar-refractivity contribution in [1.82, 2.24) is 19.7 Å². The number of nitrogens with one attached hydrogen (secondary N) is 1. The number of hydrogen-bond acceptors (Lipinski definition) is 5. The SMILES string of the molecule is N#Cc1cccc(OCc2nc3c(cnn3C3CCCC3)c(=O)[nH]2)c1. The van der Waals surface area contributed by atoms with Crippen LogP contribution in [-0.4, -0.2) is 19.7 Å². The van der Waals surface area contributed by atoms with Crippen molar-refractivity contribution in [3.8, 4) is 11.8 Å². The fraction of sp³-hybridized carbons (Fsp3) is 0.333. The highest BCUT2D eigenvalue weighted by Gasteiger charge is 2.21. The van der Waals surface area contributed by atoms with E-state index >= 15 is 0 Å². The Morgan fingerprint density at radius 2 is 2.20 bits per heavy atom. The third kappa shape index (κ3) is 2.98. The zero-order chi connectivity index (χ0) is 17.2. The topological polar surface area (TPSA) is 96.6 Å². The van der Waals surface area contributed by atoms with Gasteiger partial charge in [-0.05, 0) is 31.0 Å². The number of ether oxygens (including phenoxy) is 1. The minimum Gasteiger partial charge on any atom is -0.486 e. The Balaban J connectivity index is 1.62. The number of nitrogens with zero attached hydrogens (tertiary/aromatic N) is 4. The zero-order valence-electron chi connectivity index (χ0n) is 13.6. The molecule has 0 saturated heterocycles. The first-order chi connectivity index (χ1) is 12.2. The van der Waals surface area contributed by atoms with Crippen molar-refractivity contribution in [3.05, 3.63) is 52.2 Å². The van der Waals surface area contributed by atoms with Crippen LogP contribution in [0.4, 0.5) is 0 Å². The lowest BCUT2D eigenvalue weighted by atomic mass is 10.2. The number of rotatable bonds is 4. The van der Waals surface area contributed by atoms with E-state index in [-0.39, 0.29) is 12.2 Å². The monoisotopic (exact) mass is 335 g/mol. The molecule has 7 nitrogen and oxygen atoms in total. The van der Waals surface area contributed by atoms with Crippen LogP contribution in [-0.2, 0) is 6.61 Å². The maximum atomic E-state index is 12.3. The Morgan fingerprint density at radius 1 is 1.36 bits per heavy atom. The second-order valence-corrected chi connectivity index (χ2v) is 6.21. The minimum absolute atomic E-state index is 0.121. The summed E-state index contributed by atoms with van der Waals surface area (Å²) in [5.74, 6) is 1.01. The van der Waals surface area contributed by atoms with Crippen LogP contribution in [0.2, 0.25) is 0 Å². The summed E-state index contributed by atoms with van der Waals surface area (Å²) in [6, 6.07) is 9.26. The number of aromatic nitrogens is 4. The van der Waals surface area contributed by atoms with E-state index in [2.05, 4.69) is 21.1 Å². The van der Waals surface area contributed by atoms with Crippen LogP contribution in [0.25, 0.3) is 11.0 Å². The number of nitriles is 1. The molecule has 1 N–H and O–H groups in total. The molecule has 0 aliphatic heterocycles. The summed E-state index contributed by atoms with van der Waals surface area (Å²) in [5.41, 5.74) is 0.923. The third-order valence-corrected chi connectivity index (χ3v) is 4.52. The molecule has 0 amide bonds. The summed E-state index contributed by atoms with van der Waals surface area (Å²) in [5, 5.41) is 13.8. The molecule has 0 atom stereocenters. The van der Waals surface area contributed by atoms with Gasteiger partial charge in [-0.1, -0.05) is 18.9 Å². The van der Waals surface area contributed by atoms with Gasteiger partial charge >= 0.3 is 0 Å². The standard InChI is InChI=1S/C18H17N5O2/c19-9-12-4-3-7-14(8-12)25-11-16-21-17-15(18(24)22-16)10-20-23(17)13-5-1-2-6-13/h3-4,7-8,10,13H,1-2,5-6,11H2,(H,21,22,24). The Hall–Kier alpha value is -3.14. The fourth-order valence-electron chi connectivity index (χ4n) is 3.27. The van der Waals surface area contributed by atoms with E-state index in [4.69, 9.17) is 10.00 Å². The van der Waals surface area contributed by atoms with Crippen LogP contribution >= 0.6 is 0 Å². The van der Waals surface area contributed by atoms with E-state index in [0.29, 0.717) is 34.2 Å². The van der Waals surface area contributed by atoms with Crippen molar-refractivity contribution < 1.29 is 4.74 Å². The van der Waals surface area contributed by atoms with Gasteiger partial charge < -0.3 is 9.72 Å². The van der Waals surface area contributed by atoms with E-state index in [0.717, 1.165) is 12.8 Å². The van der Waals surface area contributed by atoms with Gasteiger partial charge in [-0.25, -0.2) is 9.67 Å². The maximum Gasteiger partial charge on any atom is 0.262 e. The van der Waals surface area contributed by atoms with Gasteiger partial charge in [-0.15, -0.1) is 0 Å². The summed E-state index contributed by atoms with van der Waals surface area (Å²) in [6.45, 7) is 0.121. The molecule has 0 spiro atoms. The number of benzene rings is 1. The van der Waals surface area contributed by atoms with Crippen molar-refractivity contribution >= 4 is 11.0 Å². The van der Waals surface area contributed by atoms with Gasteiger partial charge in [0.05, 0.1) is 23.9 Å². The van der Waals surface area contributed by atoms with E-state index in [1.807, 2.05) is 4.68 Å². The maximum absolute atomic E-state index is 12.3. The first kappa shape index (κ1) is 15.4. The van der Waals surface area contributed by atoms with Crippen molar-refractivity contribution in [2.24, 2.45) is 0 Å². The Kier molecular flexibility index (Phi) is 3.94. The van der Waals surface area contributed by atoms with Crippen molar-refractivity contribution in [2.45, 2.75) is 38.3 Å². The Morgan fingerprint density at radius 3 is 3.00 bits per heavy atom. The average Bonchev–Trinajstić information content (AvgIpc) is 3.29. The molecular weight excluding hydrogens is 318 g/mol. The summed E-state index contributed by atoms with van der Waals surface area (Å²) in [7, 11) is 0.